The average Bonchev–Trinajstić information content (AvgIpc) is 2.80. The van der Waals surface area contributed by atoms with E-state index in [1.807, 2.05) is 0 Å². The summed E-state index contributed by atoms with van der Waals surface area (Å²) in [6.45, 7) is 0. The van der Waals surface area contributed by atoms with Crippen LogP contribution in [0.25, 0.3) is 0 Å². The minimum atomic E-state index is -0.928. The predicted octanol–water partition coefficient (Wildman–Crippen LogP) is 2.26. The molecule has 106 valence electrons. The summed E-state index contributed by atoms with van der Waals surface area (Å²) < 4.78 is 31.1. The van der Waals surface area contributed by atoms with Gasteiger partial charge in [-0.05, 0) is 11.6 Å². The fourth-order valence-electron chi connectivity index (χ4n) is 1.48. The van der Waals surface area contributed by atoms with Crippen molar-refractivity contribution in [1.29, 1.82) is 0 Å². The van der Waals surface area contributed by atoms with Crippen LogP contribution >= 0.6 is 11.8 Å². The highest BCUT2D eigenvalue weighted by Crippen LogP contribution is 2.15. The van der Waals surface area contributed by atoms with Crippen LogP contribution in [0.15, 0.2) is 22.7 Å². The van der Waals surface area contributed by atoms with E-state index < -0.39 is 17.6 Å². The maximum atomic E-state index is 13.4. The number of carboxylic acid groups (broad SMARTS) is 1. The first-order chi connectivity index (χ1) is 9.54. The van der Waals surface area contributed by atoms with Crippen LogP contribution in [0.5, 0.6) is 0 Å². The molecule has 0 bridgehead atoms. The summed E-state index contributed by atoms with van der Waals surface area (Å²) in [6.07, 6.45) is 0.0826. The number of aliphatic carboxylic acids is 1. The molecule has 0 fully saturated rings. The Balaban J connectivity index is 1.97. The minimum Gasteiger partial charge on any atom is -0.481 e. The van der Waals surface area contributed by atoms with Crippen molar-refractivity contribution in [3.05, 3.63) is 47.1 Å². The number of hydrogen-bond donors (Lipinski definition) is 1. The van der Waals surface area contributed by atoms with Gasteiger partial charge in [0.25, 0.3) is 0 Å². The molecule has 0 radical (unpaired) electrons. The summed E-state index contributed by atoms with van der Waals surface area (Å²) in [5.41, 5.74) is 0.261. The van der Waals surface area contributed by atoms with Crippen LogP contribution in [0, 0.1) is 11.6 Å². The SMILES string of the molecule is O=C(O)CSCc1nc(Cc2ccc(F)cc2F)no1. The fourth-order valence-corrected chi connectivity index (χ4v) is 2.05. The van der Waals surface area contributed by atoms with Crippen molar-refractivity contribution in [2.45, 2.75) is 12.2 Å². The van der Waals surface area contributed by atoms with Crippen LogP contribution in [-0.4, -0.2) is 27.0 Å². The molecule has 5 nitrogen and oxygen atoms in total. The standard InChI is InChI=1S/C12H10F2N2O3S/c13-8-2-1-7(9(14)4-8)3-10-15-11(19-16-10)5-20-6-12(17)18/h1-2,4H,3,5-6H2,(H,17,18). The van der Waals surface area contributed by atoms with Crippen LogP contribution in [0.2, 0.25) is 0 Å². The Morgan fingerprint density at radius 2 is 2.20 bits per heavy atom. The Morgan fingerprint density at radius 1 is 1.40 bits per heavy atom. The van der Waals surface area contributed by atoms with Crippen LogP contribution < -0.4 is 0 Å². The molecule has 1 N–H and O–H groups in total. The van der Waals surface area contributed by atoms with E-state index in [1.54, 1.807) is 0 Å². The second kappa shape index (κ2) is 6.47. The van der Waals surface area contributed by atoms with E-state index in [2.05, 4.69) is 10.1 Å². The number of thioether (sulfide) groups is 1. The zero-order valence-electron chi connectivity index (χ0n) is 10.2. The van der Waals surface area contributed by atoms with Gasteiger partial charge in [0.15, 0.2) is 5.82 Å². The van der Waals surface area contributed by atoms with E-state index in [0.717, 1.165) is 23.9 Å². The summed E-state index contributed by atoms with van der Waals surface area (Å²) in [5.74, 6) is -1.50. The first-order valence-electron chi connectivity index (χ1n) is 5.59. The maximum Gasteiger partial charge on any atom is 0.313 e. The van der Waals surface area contributed by atoms with Gasteiger partial charge in [-0.15, -0.1) is 11.8 Å². The van der Waals surface area contributed by atoms with Gasteiger partial charge in [-0.3, -0.25) is 4.79 Å². The lowest BCUT2D eigenvalue weighted by Gasteiger charge is -1.99. The van der Waals surface area contributed by atoms with Crippen molar-refractivity contribution in [2.24, 2.45) is 0 Å². The highest BCUT2D eigenvalue weighted by atomic mass is 32.2. The van der Waals surface area contributed by atoms with Gasteiger partial charge >= 0.3 is 5.97 Å². The van der Waals surface area contributed by atoms with Crippen molar-refractivity contribution >= 4 is 17.7 Å². The first kappa shape index (κ1) is 14.4. The molecule has 8 heteroatoms. The highest BCUT2D eigenvalue weighted by Gasteiger charge is 2.11. The van der Waals surface area contributed by atoms with Crippen molar-refractivity contribution in [2.75, 3.05) is 5.75 Å². The van der Waals surface area contributed by atoms with Gasteiger partial charge in [0.2, 0.25) is 5.89 Å². The smallest absolute Gasteiger partial charge is 0.313 e. The number of hydrogen-bond acceptors (Lipinski definition) is 5. The number of carboxylic acids is 1. The molecule has 1 aromatic heterocycles. The van der Waals surface area contributed by atoms with Crippen molar-refractivity contribution in [3.63, 3.8) is 0 Å². The van der Waals surface area contributed by atoms with Crippen molar-refractivity contribution in [3.8, 4) is 0 Å². The summed E-state index contributed by atoms with van der Waals surface area (Å²) in [7, 11) is 0. The van der Waals surface area contributed by atoms with Gasteiger partial charge < -0.3 is 9.63 Å². The molecule has 0 aliphatic heterocycles. The molecule has 0 aliphatic rings. The predicted molar refractivity (Wildman–Crippen MR) is 67.3 cm³/mol. The van der Waals surface area contributed by atoms with Crippen LogP contribution in [-0.2, 0) is 17.0 Å². The molecule has 1 heterocycles. The van der Waals surface area contributed by atoms with E-state index in [-0.39, 0.29) is 35.2 Å². The first-order valence-corrected chi connectivity index (χ1v) is 6.75. The fraction of sp³-hybridized carbons (Fsp3) is 0.250. The number of carbonyl (C=O) groups is 1. The van der Waals surface area contributed by atoms with E-state index in [1.165, 1.54) is 6.07 Å². The van der Waals surface area contributed by atoms with Crippen molar-refractivity contribution in [1.82, 2.24) is 10.1 Å². The number of rotatable bonds is 6. The third-order valence-corrected chi connectivity index (χ3v) is 3.23. The van der Waals surface area contributed by atoms with Crippen LogP contribution in [0.3, 0.4) is 0 Å². The summed E-state index contributed by atoms with van der Waals surface area (Å²) >= 11 is 1.12. The number of aromatic nitrogens is 2. The molecular weight excluding hydrogens is 290 g/mol. The van der Waals surface area contributed by atoms with E-state index >= 15 is 0 Å². The zero-order valence-corrected chi connectivity index (χ0v) is 11.0. The topological polar surface area (TPSA) is 76.2 Å². The lowest BCUT2D eigenvalue weighted by Crippen LogP contribution is -1.98. The normalized spacial score (nSPS) is 10.7. The molecule has 0 spiro atoms. The Morgan fingerprint density at radius 3 is 2.90 bits per heavy atom. The molecule has 0 saturated heterocycles. The molecule has 1 aromatic carbocycles. The molecule has 0 atom stereocenters. The number of benzene rings is 1. The van der Waals surface area contributed by atoms with E-state index in [9.17, 15) is 13.6 Å². The molecule has 0 saturated carbocycles. The van der Waals surface area contributed by atoms with Gasteiger partial charge in [0.1, 0.15) is 11.6 Å². The zero-order chi connectivity index (χ0) is 14.5. The maximum absolute atomic E-state index is 13.4. The lowest BCUT2D eigenvalue weighted by atomic mass is 10.1. The molecule has 2 aromatic rings. The molecule has 0 unspecified atom stereocenters. The van der Waals surface area contributed by atoms with E-state index in [0.29, 0.717) is 0 Å². The lowest BCUT2D eigenvalue weighted by molar-refractivity contribution is -0.133. The van der Waals surface area contributed by atoms with Gasteiger partial charge in [-0.2, -0.15) is 4.98 Å². The Hall–Kier alpha value is -1.96. The van der Waals surface area contributed by atoms with Crippen LogP contribution in [0.4, 0.5) is 8.78 Å². The Kier molecular flexibility index (Phi) is 4.67. The van der Waals surface area contributed by atoms with Gasteiger partial charge in [0, 0.05) is 12.5 Å². The van der Waals surface area contributed by atoms with Crippen LogP contribution in [0.1, 0.15) is 17.3 Å². The second-order valence-corrected chi connectivity index (χ2v) is 4.89. The second-order valence-electron chi connectivity index (χ2n) is 3.90. The Bertz CT molecular complexity index is 618. The quantitative estimate of drug-likeness (QED) is 0.882. The molecule has 20 heavy (non-hydrogen) atoms. The summed E-state index contributed by atoms with van der Waals surface area (Å²) in [6, 6.07) is 3.26. The van der Waals surface area contributed by atoms with E-state index in [4.69, 9.17) is 9.63 Å². The Labute approximate surface area is 117 Å². The summed E-state index contributed by atoms with van der Waals surface area (Å²) in [4.78, 5) is 14.4. The van der Waals surface area contributed by atoms with Gasteiger partial charge in [-0.25, -0.2) is 8.78 Å². The molecule has 0 amide bonds. The van der Waals surface area contributed by atoms with Crippen molar-refractivity contribution < 1.29 is 23.2 Å². The molecule has 0 aliphatic carbocycles. The third-order valence-electron chi connectivity index (χ3n) is 2.32. The third kappa shape index (κ3) is 4.02. The highest BCUT2D eigenvalue weighted by molar-refractivity contribution is 7.99. The van der Waals surface area contributed by atoms with Gasteiger partial charge in [0.05, 0.1) is 11.5 Å². The number of nitrogens with zero attached hydrogens (tertiary/aromatic N) is 2. The summed E-state index contributed by atoms with van der Waals surface area (Å²) in [5, 5.41) is 12.2. The van der Waals surface area contributed by atoms with Gasteiger partial charge in [-0.1, -0.05) is 11.2 Å². The minimum absolute atomic E-state index is 0.0652. The number of halogens is 2. The largest absolute Gasteiger partial charge is 0.481 e. The monoisotopic (exact) mass is 300 g/mol. The molecule has 2 rings (SSSR count). The average molecular weight is 300 g/mol. The molecular formula is C12H10F2N2O3S.